The van der Waals surface area contributed by atoms with E-state index < -0.39 is 54.0 Å². The van der Waals surface area contributed by atoms with Crippen LogP contribution in [0.3, 0.4) is 0 Å². The summed E-state index contributed by atoms with van der Waals surface area (Å²) >= 11 is 0. The smallest absolute Gasteiger partial charge is 0.449 e. The largest absolute Gasteiger partial charge is 0.464 e. The fourth-order valence-corrected chi connectivity index (χ4v) is 2.03. The van der Waals surface area contributed by atoms with Crippen LogP contribution >= 0.6 is 0 Å². The number of aliphatic hydroxyl groups is 2. The van der Waals surface area contributed by atoms with Crippen LogP contribution in [-0.4, -0.2) is 53.4 Å². The molecule has 1 saturated heterocycles. The van der Waals surface area contributed by atoms with Gasteiger partial charge in [0.1, 0.15) is 12.7 Å². The molecule has 2 N–H and O–H groups in total. The standard InChI is InChI=1S/C14H21F5O5/c1-5-10(2,3)9(21)23-6-11(4)7-24-13(22,14(17,18)19)12(15,16)8(11)20/h8,20,22H,5-7H2,1-4H3. The SMILES string of the molecule is CCC(C)(C)C(=O)OCC1(C)COC(O)(C(F)(F)F)C(F)(F)C1O. The lowest BCUT2D eigenvalue weighted by Gasteiger charge is -2.49. The van der Waals surface area contributed by atoms with Gasteiger partial charge in [-0.05, 0) is 20.3 Å². The number of carbonyl (C=O) groups is 1. The van der Waals surface area contributed by atoms with Crippen molar-refractivity contribution >= 4 is 5.97 Å². The van der Waals surface area contributed by atoms with Gasteiger partial charge >= 0.3 is 23.9 Å². The van der Waals surface area contributed by atoms with Crippen molar-refractivity contribution < 1.29 is 46.4 Å². The van der Waals surface area contributed by atoms with Gasteiger partial charge in [-0.2, -0.15) is 22.0 Å². The summed E-state index contributed by atoms with van der Waals surface area (Å²) in [6.07, 6.45) is -8.38. The lowest BCUT2D eigenvalue weighted by atomic mass is 9.77. The topological polar surface area (TPSA) is 76.0 Å². The van der Waals surface area contributed by atoms with Gasteiger partial charge in [0.25, 0.3) is 0 Å². The summed E-state index contributed by atoms with van der Waals surface area (Å²) in [6, 6.07) is 0. The molecule has 1 heterocycles. The highest BCUT2D eigenvalue weighted by Crippen LogP contribution is 2.52. The van der Waals surface area contributed by atoms with Gasteiger partial charge in [-0.25, -0.2) is 0 Å². The number of aliphatic hydroxyl groups excluding tert-OH is 1. The monoisotopic (exact) mass is 364 g/mol. The molecule has 0 aromatic heterocycles. The third-order valence-corrected chi connectivity index (χ3v) is 4.42. The third-order valence-electron chi connectivity index (χ3n) is 4.42. The molecule has 142 valence electrons. The van der Waals surface area contributed by atoms with Crippen LogP contribution in [0.1, 0.15) is 34.1 Å². The number of rotatable bonds is 4. The Morgan fingerprint density at radius 2 is 1.83 bits per heavy atom. The molecule has 0 spiro atoms. The summed E-state index contributed by atoms with van der Waals surface area (Å²) in [5.41, 5.74) is -2.95. The van der Waals surface area contributed by atoms with E-state index in [-0.39, 0.29) is 0 Å². The van der Waals surface area contributed by atoms with Crippen LogP contribution in [0.5, 0.6) is 0 Å². The molecular weight excluding hydrogens is 343 g/mol. The van der Waals surface area contributed by atoms with Crippen molar-refractivity contribution in [1.29, 1.82) is 0 Å². The van der Waals surface area contributed by atoms with Crippen molar-refractivity contribution in [2.45, 2.75) is 58.1 Å². The first-order chi connectivity index (χ1) is 10.6. The average Bonchev–Trinajstić information content (AvgIpc) is 2.46. The van der Waals surface area contributed by atoms with Gasteiger partial charge < -0.3 is 19.7 Å². The van der Waals surface area contributed by atoms with Crippen molar-refractivity contribution in [2.24, 2.45) is 10.8 Å². The molecule has 1 fully saturated rings. The van der Waals surface area contributed by atoms with E-state index in [0.29, 0.717) is 6.42 Å². The quantitative estimate of drug-likeness (QED) is 0.591. The zero-order chi connectivity index (χ0) is 19.2. The predicted octanol–water partition coefficient (Wildman–Crippen LogP) is 2.25. The molecule has 3 unspecified atom stereocenters. The highest BCUT2D eigenvalue weighted by atomic mass is 19.4. The number of carbonyl (C=O) groups excluding carboxylic acids is 1. The molecule has 0 radical (unpaired) electrons. The zero-order valence-corrected chi connectivity index (χ0v) is 13.7. The molecule has 3 atom stereocenters. The summed E-state index contributed by atoms with van der Waals surface area (Å²) in [5, 5.41) is 19.0. The summed E-state index contributed by atoms with van der Waals surface area (Å²) in [7, 11) is 0. The van der Waals surface area contributed by atoms with Crippen LogP contribution in [0.25, 0.3) is 0 Å². The molecule has 5 nitrogen and oxygen atoms in total. The molecule has 1 rings (SSSR count). The van der Waals surface area contributed by atoms with Crippen LogP contribution in [-0.2, 0) is 14.3 Å². The Kier molecular flexibility index (Phi) is 5.32. The maximum Gasteiger partial charge on any atom is 0.449 e. The molecule has 0 aromatic carbocycles. The van der Waals surface area contributed by atoms with E-state index in [1.807, 2.05) is 0 Å². The van der Waals surface area contributed by atoms with Gasteiger partial charge in [0, 0.05) is 0 Å². The Morgan fingerprint density at radius 1 is 1.33 bits per heavy atom. The van der Waals surface area contributed by atoms with E-state index in [1.54, 1.807) is 20.8 Å². The number of hydrogen-bond acceptors (Lipinski definition) is 5. The number of hydrogen-bond donors (Lipinski definition) is 2. The van der Waals surface area contributed by atoms with Gasteiger partial charge in [-0.15, -0.1) is 0 Å². The minimum absolute atomic E-state index is 0.381. The summed E-state index contributed by atoms with van der Waals surface area (Å²) in [5.74, 6) is -10.6. The van der Waals surface area contributed by atoms with Crippen molar-refractivity contribution in [3.8, 4) is 0 Å². The molecule has 0 aliphatic carbocycles. The molecule has 0 aromatic rings. The lowest BCUT2D eigenvalue weighted by Crippen LogP contribution is -2.73. The van der Waals surface area contributed by atoms with Gasteiger partial charge in [-0.3, -0.25) is 4.79 Å². The van der Waals surface area contributed by atoms with E-state index in [4.69, 9.17) is 4.74 Å². The molecule has 0 saturated carbocycles. The Morgan fingerprint density at radius 3 is 2.25 bits per heavy atom. The highest BCUT2D eigenvalue weighted by Gasteiger charge is 2.78. The minimum Gasteiger partial charge on any atom is -0.464 e. The van der Waals surface area contributed by atoms with Crippen molar-refractivity contribution in [2.75, 3.05) is 13.2 Å². The molecule has 0 amide bonds. The van der Waals surface area contributed by atoms with Crippen LogP contribution in [0.4, 0.5) is 22.0 Å². The fraction of sp³-hybridized carbons (Fsp3) is 0.929. The van der Waals surface area contributed by atoms with Crippen LogP contribution < -0.4 is 0 Å². The summed E-state index contributed by atoms with van der Waals surface area (Å²) < 4.78 is 75.0. The molecular formula is C14H21F5O5. The maximum absolute atomic E-state index is 14.0. The predicted molar refractivity (Wildman–Crippen MR) is 71.0 cm³/mol. The summed E-state index contributed by atoms with van der Waals surface area (Å²) in [6.45, 7) is 3.89. The average molecular weight is 364 g/mol. The van der Waals surface area contributed by atoms with Gasteiger partial charge in [-0.1, -0.05) is 13.8 Å². The normalized spacial score (nSPS) is 34.0. The van der Waals surface area contributed by atoms with E-state index in [1.165, 1.54) is 0 Å². The number of halogens is 5. The molecule has 0 bridgehead atoms. The van der Waals surface area contributed by atoms with E-state index >= 15 is 0 Å². The van der Waals surface area contributed by atoms with Crippen molar-refractivity contribution in [3.05, 3.63) is 0 Å². The second-order valence-electron chi connectivity index (χ2n) is 6.92. The van der Waals surface area contributed by atoms with Crippen molar-refractivity contribution in [1.82, 2.24) is 0 Å². The number of esters is 1. The van der Waals surface area contributed by atoms with Crippen LogP contribution in [0.15, 0.2) is 0 Å². The number of alkyl halides is 5. The van der Waals surface area contributed by atoms with Crippen molar-refractivity contribution in [3.63, 3.8) is 0 Å². The summed E-state index contributed by atoms with van der Waals surface area (Å²) in [4.78, 5) is 11.9. The Labute approximate surface area is 135 Å². The van der Waals surface area contributed by atoms with E-state index in [2.05, 4.69) is 4.74 Å². The van der Waals surface area contributed by atoms with E-state index in [9.17, 15) is 37.0 Å². The van der Waals surface area contributed by atoms with E-state index in [0.717, 1.165) is 6.92 Å². The number of ether oxygens (including phenoxy) is 2. The van der Waals surface area contributed by atoms with Gasteiger partial charge in [0.05, 0.1) is 17.4 Å². The maximum atomic E-state index is 14.0. The zero-order valence-electron chi connectivity index (χ0n) is 13.7. The Hall–Kier alpha value is -1.00. The molecule has 24 heavy (non-hydrogen) atoms. The van der Waals surface area contributed by atoms with Gasteiger partial charge in [0.15, 0.2) is 0 Å². The lowest BCUT2D eigenvalue weighted by molar-refractivity contribution is -0.472. The first-order valence-electron chi connectivity index (χ1n) is 7.21. The third kappa shape index (κ3) is 3.23. The first kappa shape index (κ1) is 21.0. The molecule has 1 aliphatic rings. The Bertz CT molecular complexity index is 492. The molecule has 1 aliphatic heterocycles. The molecule has 10 heteroatoms. The van der Waals surface area contributed by atoms with Crippen LogP contribution in [0.2, 0.25) is 0 Å². The first-order valence-corrected chi connectivity index (χ1v) is 7.21. The Balaban J connectivity index is 2.99. The highest BCUT2D eigenvalue weighted by molar-refractivity contribution is 5.75. The minimum atomic E-state index is -5.82. The second kappa shape index (κ2) is 6.06. The van der Waals surface area contributed by atoms with Crippen LogP contribution in [0, 0.1) is 10.8 Å². The second-order valence-corrected chi connectivity index (χ2v) is 6.92. The van der Waals surface area contributed by atoms with Gasteiger partial charge in [0.2, 0.25) is 0 Å². The fourth-order valence-electron chi connectivity index (χ4n) is 2.03.